The highest BCUT2D eigenvalue weighted by Gasteiger charge is 2.15. The molecule has 0 saturated carbocycles. The molecule has 202 valence electrons. The molecule has 0 bridgehead atoms. The van der Waals surface area contributed by atoms with Crippen molar-refractivity contribution in [3.05, 3.63) is 53.6 Å². The Labute approximate surface area is 222 Å². The molecule has 0 unspecified atom stereocenters. The van der Waals surface area contributed by atoms with Crippen LogP contribution in [0.1, 0.15) is 141 Å². The average Bonchev–Trinajstić information content (AvgIpc) is 2.90. The summed E-state index contributed by atoms with van der Waals surface area (Å²) in [5.41, 5.74) is 2.59. The van der Waals surface area contributed by atoms with E-state index in [-0.39, 0.29) is 5.75 Å². The number of aryl methyl sites for hydroxylation is 1. The third kappa shape index (κ3) is 12.8. The second-order valence-electron chi connectivity index (χ2n) is 10.6. The smallest absolute Gasteiger partial charge is 0.172 e. The van der Waals surface area contributed by atoms with E-state index in [1.165, 1.54) is 120 Å². The molecule has 0 saturated heterocycles. The largest absolute Gasteiger partial charge is 0.504 e. The number of aromatic hydroxyl groups is 1. The summed E-state index contributed by atoms with van der Waals surface area (Å²) in [7, 11) is 0. The summed E-state index contributed by atoms with van der Waals surface area (Å²) in [6.45, 7) is 4.56. The van der Waals surface area contributed by atoms with E-state index in [2.05, 4.69) is 19.9 Å². The monoisotopic (exact) mass is 494 g/mol. The van der Waals surface area contributed by atoms with Crippen LogP contribution in [-0.2, 0) is 12.8 Å². The van der Waals surface area contributed by atoms with Gasteiger partial charge in [0.2, 0.25) is 0 Å². The van der Waals surface area contributed by atoms with Gasteiger partial charge in [0, 0.05) is 5.56 Å². The van der Waals surface area contributed by atoms with E-state index in [4.69, 9.17) is 4.74 Å². The number of ether oxygens (including phenoxy) is 1. The van der Waals surface area contributed by atoms with Crippen molar-refractivity contribution in [2.24, 2.45) is 0 Å². The lowest BCUT2D eigenvalue weighted by Gasteiger charge is -2.17. The molecule has 2 rings (SSSR count). The van der Waals surface area contributed by atoms with Crippen molar-refractivity contribution in [3.63, 3.8) is 0 Å². The Kier molecular flexibility index (Phi) is 16.9. The van der Waals surface area contributed by atoms with Crippen molar-refractivity contribution in [1.29, 1.82) is 0 Å². The molecule has 36 heavy (non-hydrogen) atoms. The Morgan fingerprint density at radius 2 is 1.00 bits per heavy atom. The summed E-state index contributed by atoms with van der Waals surface area (Å²) in [6.07, 6.45) is 26.1. The van der Waals surface area contributed by atoms with Crippen LogP contribution in [0.25, 0.3) is 0 Å². The van der Waals surface area contributed by atoms with Gasteiger partial charge in [-0.05, 0) is 49.4 Å². The van der Waals surface area contributed by atoms with E-state index >= 15 is 0 Å². The summed E-state index contributed by atoms with van der Waals surface area (Å²) in [6, 6.07) is 13.9. The minimum atomic E-state index is 0.264. The molecule has 0 heterocycles. The first-order chi connectivity index (χ1) is 17.8. The van der Waals surface area contributed by atoms with E-state index in [9.17, 15) is 5.11 Å². The zero-order valence-electron chi connectivity index (χ0n) is 23.5. The molecule has 2 aromatic carbocycles. The van der Waals surface area contributed by atoms with Gasteiger partial charge in [-0.2, -0.15) is 0 Å². The number of hydrogen-bond acceptors (Lipinski definition) is 2. The number of benzene rings is 2. The fourth-order valence-electron chi connectivity index (χ4n) is 5.12. The SMILES string of the molecule is CCCCCCCCCCCCc1c(CCCCCCCCCC)ccc(O)c1Oc1ccccc1. The quantitative estimate of drug-likeness (QED) is 0.165. The van der Waals surface area contributed by atoms with Crippen molar-refractivity contribution >= 4 is 0 Å². The van der Waals surface area contributed by atoms with Gasteiger partial charge in [0.15, 0.2) is 11.5 Å². The first kappa shape index (κ1) is 30.3. The van der Waals surface area contributed by atoms with Crippen LogP contribution >= 0.6 is 0 Å². The molecule has 0 atom stereocenters. The van der Waals surface area contributed by atoms with Gasteiger partial charge in [0.1, 0.15) is 5.75 Å². The third-order valence-corrected chi connectivity index (χ3v) is 7.38. The predicted molar refractivity (Wildman–Crippen MR) is 156 cm³/mol. The maximum Gasteiger partial charge on any atom is 0.172 e. The van der Waals surface area contributed by atoms with Crippen LogP contribution in [0.5, 0.6) is 17.2 Å². The minimum Gasteiger partial charge on any atom is -0.504 e. The zero-order valence-corrected chi connectivity index (χ0v) is 23.5. The highest BCUT2D eigenvalue weighted by Crippen LogP contribution is 2.38. The molecule has 0 aliphatic carbocycles. The minimum absolute atomic E-state index is 0.264. The van der Waals surface area contributed by atoms with E-state index in [1.807, 2.05) is 36.4 Å². The molecular formula is C34H54O2. The van der Waals surface area contributed by atoms with Crippen molar-refractivity contribution in [3.8, 4) is 17.2 Å². The van der Waals surface area contributed by atoms with Crippen LogP contribution in [0.4, 0.5) is 0 Å². The molecule has 2 aromatic rings. The van der Waals surface area contributed by atoms with Crippen LogP contribution in [0.15, 0.2) is 42.5 Å². The highest BCUT2D eigenvalue weighted by molar-refractivity contribution is 5.52. The van der Waals surface area contributed by atoms with Crippen molar-refractivity contribution in [2.75, 3.05) is 0 Å². The molecule has 0 radical (unpaired) electrons. The molecule has 2 nitrogen and oxygen atoms in total. The molecule has 0 aliphatic heterocycles. The van der Waals surface area contributed by atoms with E-state index < -0.39 is 0 Å². The second-order valence-corrected chi connectivity index (χ2v) is 10.6. The molecule has 0 aliphatic rings. The van der Waals surface area contributed by atoms with Crippen LogP contribution in [0.2, 0.25) is 0 Å². The Morgan fingerprint density at radius 3 is 1.53 bits per heavy atom. The standard InChI is InChI=1S/C34H54O2/c1-3-5-7-9-11-13-14-16-18-23-27-32-30(24-20-17-15-12-10-8-6-4-2)28-29-33(35)34(32)36-31-25-21-19-22-26-31/h19,21-22,25-26,28-29,35H,3-18,20,23-24,27H2,1-2H3. The van der Waals surface area contributed by atoms with Gasteiger partial charge in [-0.15, -0.1) is 0 Å². The summed E-state index contributed by atoms with van der Waals surface area (Å²) < 4.78 is 6.26. The van der Waals surface area contributed by atoms with Gasteiger partial charge in [-0.1, -0.05) is 141 Å². The first-order valence-corrected chi connectivity index (χ1v) is 15.3. The van der Waals surface area contributed by atoms with Crippen LogP contribution in [0.3, 0.4) is 0 Å². The number of phenols is 1. The van der Waals surface area contributed by atoms with E-state index in [0.717, 1.165) is 25.0 Å². The van der Waals surface area contributed by atoms with Gasteiger partial charge < -0.3 is 9.84 Å². The maximum atomic E-state index is 10.7. The number of unbranched alkanes of at least 4 members (excludes halogenated alkanes) is 16. The summed E-state index contributed by atoms with van der Waals surface area (Å²) in [5.74, 6) is 1.73. The molecular weight excluding hydrogens is 440 g/mol. The second kappa shape index (κ2) is 20.1. The summed E-state index contributed by atoms with van der Waals surface area (Å²) in [5, 5.41) is 10.7. The molecule has 0 spiro atoms. The van der Waals surface area contributed by atoms with Crippen molar-refractivity contribution in [2.45, 2.75) is 142 Å². The lowest BCUT2D eigenvalue weighted by atomic mass is 9.95. The molecule has 2 heteroatoms. The summed E-state index contributed by atoms with van der Waals surface area (Å²) in [4.78, 5) is 0. The van der Waals surface area contributed by atoms with Crippen LogP contribution in [0, 0.1) is 0 Å². The average molecular weight is 495 g/mol. The molecule has 0 fully saturated rings. The normalized spacial score (nSPS) is 11.2. The maximum absolute atomic E-state index is 10.7. The predicted octanol–water partition coefficient (Wildman–Crippen LogP) is 11.3. The van der Waals surface area contributed by atoms with Crippen LogP contribution in [-0.4, -0.2) is 5.11 Å². The zero-order chi connectivity index (χ0) is 25.7. The highest BCUT2D eigenvalue weighted by atomic mass is 16.5. The molecule has 0 aromatic heterocycles. The van der Waals surface area contributed by atoms with Crippen LogP contribution < -0.4 is 4.74 Å². The first-order valence-electron chi connectivity index (χ1n) is 15.3. The van der Waals surface area contributed by atoms with E-state index in [1.54, 1.807) is 0 Å². The van der Waals surface area contributed by atoms with Gasteiger partial charge >= 0.3 is 0 Å². The number of phenolic OH excluding ortho intramolecular Hbond substituents is 1. The number of para-hydroxylation sites is 1. The Bertz CT molecular complexity index is 783. The van der Waals surface area contributed by atoms with E-state index in [0.29, 0.717) is 5.75 Å². The fraction of sp³-hybridized carbons (Fsp3) is 0.647. The van der Waals surface area contributed by atoms with Gasteiger partial charge in [0.25, 0.3) is 0 Å². The number of rotatable bonds is 22. The molecule has 1 N–H and O–H groups in total. The Balaban J connectivity index is 1.88. The Morgan fingerprint density at radius 1 is 0.528 bits per heavy atom. The topological polar surface area (TPSA) is 29.5 Å². The summed E-state index contributed by atoms with van der Waals surface area (Å²) >= 11 is 0. The van der Waals surface area contributed by atoms with Crippen molar-refractivity contribution in [1.82, 2.24) is 0 Å². The molecule has 0 amide bonds. The fourth-order valence-corrected chi connectivity index (χ4v) is 5.12. The lowest BCUT2D eigenvalue weighted by Crippen LogP contribution is -2.00. The van der Waals surface area contributed by atoms with Gasteiger partial charge in [-0.3, -0.25) is 0 Å². The third-order valence-electron chi connectivity index (χ3n) is 7.38. The van der Waals surface area contributed by atoms with Gasteiger partial charge in [-0.25, -0.2) is 0 Å². The number of hydrogen-bond donors (Lipinski definition) is 1. The van der Waals surface area contributed by atoms with Gasteiger partial charge in [0.05, 0.1) is 0 Å². The lowest BCUT2D eigenvalue weighted by molar-refractivity contribution is 0.405. The Hall–Kier alpha value is -1.96. The van der Waals surface area contributed by atoms with Crippen molar-refractivity contribution < 1.29 is 9.84 Å².